The van der Waals surface area contributed by atoms with Crippen LogP contribution in [-0.2, 0) is 25.3 Å². The Morgan fingerprint density at radius 3 is 2.93 bits per heavy atom. The van der Waals surface area contributed by atoms with E-state index in [1.54, 1.807) is 0 Å². The first-order chi connectivity index (χ1) is 13.0. The molecule has 4 saturated heterocycles. The third kappa shape index (κ3) is 4.41. The van der Waals surface area contributed by atoms with Gasteiger partial charge in [-0.3, -0.25) is 9.63 Å². The molecule has 2 bridgehead atoms. The van der Waals surface area contributed by atoms with Gasteiger partial charge in [0.05, 0.1) is 12.6 Å². The van der Waals surface area contributed by atoms with E-state index in [-0.39, 0.29) is 18.6 Å². The fourth-order valence-corrected chi connectivity index (χ4v) is 4.45. The van der Waals surface area contributed by atoms with Crippen molar-refractivity contribution in [3.05, 3.63) is 0 Å². The van der Waals surface area contributed by atoms with Gasteiger partial charge in [0.25, 0.3) is 5.91 Å². The Morgan fingerprint density at radius 2 is 2.19 bits per heavy atom. The first-order valence-electron chi connectivity index (χ1n) is 9.26. The third-order valence-electron chi connectivity index (χ3n) is 5.59. The van der Waals surface area contributed by atoms with Gasteiger partial charge in [-0.15, -0.1) is 0 Å². The minimum atomic E-state index is -2.82. The molecular formula is C15H24N5O6S-. The molecule has 11 nitrogen and oxygen atoms in total. The predicted molar refractivity (Wildman–Crippen MR) is 91.2 cm³/mol. The van der Waals surface area contributed by atoms with E-state index < -0.39 is 29.3 Å². The van der Waals surface area contributed by atoms with Crippen LogP contribution in [0.4, 0.5) is 4.79 Å². The molecule has 4 aliphatic rings. The van der Waals surface area contributed by atoms with Crippen molar-refractivity contribution in [3.63, 3.8) is 0 Å². The first-order valence-corrected chi connectivity index (χ1v) is 10.3. The van der Waals surface area contributed by atoms with E-state index >= 15 is 0 Å². The van der Waals surface area contributed by atoms with E-state index in [9.17, 15) is 18.4 Å². The number of amides is 3. The maximum Gasteiger partial charge on any atom is 0.346 e. The van der Waals surface area contributed by atoms with E-state index in [2.05, 4.69) is 20.0 Å². The molecule has 152 valence electrons. The zero-order valence-electron chi connectivity index (χ0n) is 14.9. The topological polar surface area (TPSA) is 126 Å². The van der Waals surface area contributed by atoms with Crippen molar-refractivity contribution in [3.8, 4) is 0 Å². The molecule has 4 rings (SSSR count). The largest absolute Gasteiger partial charge is 0.748 e. The molecule has 4 aliphatic heterocycles. The number of fused-ring (bicyclic) bond motifs is 2. The van der Waals surface area contributed by atoms with Crippen molar-refractivity contribution in [2.75, 3.05) is 39.3 Å². The molecule has 4 fully saturated rings. The summed E-state index contributed by atoms with van der Waals surface area (Å²) in [5.41, 5.74) is 2.44. The van der Waals surface area contributed by atoms with Crippen LogP contribution in [0.3, 0.4) is 0 Å². The van der Waals surface area contributed by atoms with Gasteiger partial charge in [-0.25, -0.2) is 14.5 Å². The number of carbonyl (C=O) groups excluding carboxylic acids is 2. The Bertz CT molecular complexity index is 620. The fraction of sp³-hybridized carbons (Fsp3) is 0.867. The Kier molecular flexibility index (Phi) is 5.62. The summed E-state index contributed by atoms with van der Waals surface area (Å²) in [5, 5.41) is 4.23. The molecule has 4 heterocycles. The van der Waals surface area contributed by atoms with Crippen LogP contribution in [0, 0.1) is 5.92 Å². The van der Waals surface area contributed by atoms with Crippen molar-refractivity contribution in [2.45, 2.75) is 37.4 Å². The van der Waals surface area contributed by atoms with Crippen LogP contribution >= 0.6 is 0 Å². The van der Waals surface area contributed by atoms with E-state index in [1.165, 1.54) is 18.0 Å². The molecular weight excluding hydrogens is 378 g/mol. The van der Waals surface area contributed by atoms with E-state index in [0.29, 0.717) is 25.4 Å². The fourth-order valence-electron chi connectivity index (χ4n) is 4.14. The first kappa shape index (κ1) is 19.0. The van der Waals surface area contributed by atoms with E-state index in [4.69, 9.17) is 4.84 Å². The van der Waals surface area contributed by atoms with E-state index in [0.717, 1.165) is 24.6 Å². The average molecular weight is 402 g/mol. The zero-order valence-corrected chi connectivity index (χ0v) is 15.7. The molecule has 0 radical (unpaired) electrons. The molecule has 3 amide bonds. The van der Waals surface area contributed by atoms with Gasteiger partial charge in [0.1, 0.15) is 17.4 Å². The summed E-state index contributed by atoms with van der Waals surface area (Å²) in [6.07, 6.45) is 1.93. The molecule has 2 N–H and O–H groups in total. The highest BCUT2D eigenvalue weighted by molar-refractivity contribution is 7.74. The Hall–Kier alpha value is -1.31. The van der Waals surface area contributed by atoms with Crippen molar-refractivity contribution in [2.24, 2.45) is 5.92 Å². The monoisotopic (exact) mass is 402 g/mol. The molecule has 12 heteroatoms. The van der Waals surface area contributed by atoms with Gasteiger partial charge in [-0.1, -0.05) is 0 Å². The second kappa shape index (κ2) is 7.97. The lowest BCUT2D eigenvalue weighted by Crippen LogP contribution is -2.50. The Morgan fingerprint density at radius 1 is 1.37 bits per heavy atom. The summed E-state index contributed by atoms with van der Waals surface area (Å²) in [4.78, 5) is 33.8. The number of nitrogens with zero attached hydrogens (tertiary/aromatic N) is 3. The molecule has 0 aromatic heterocycles. The number of urea groups is 1. The van der Waals surface area contributed by atoms with Crippen molar-refractivity contribution >= 4 is 23.3 Å². The van der Waals surface area contributed by atoms with Crippen LogP contribution in [0.1, 0.15) is 19.3 Å². The maximum absolute atomic E-state index is 12.4. The van der Waals surface area contributed by atoms with Gasteiger partial charge in [-0.05, 0) is 31.7 Å². The summed E-state index contributed by atoms with van der Waals surface area (Å²) >= 11 is -2.82. The van der Waals surface area contributed by atoms with Crippen LogP contribution in [0.2, 0.25) is 0 Å². The minimum absolute atomic E-state index is 0.204. The SMILES string of the molecule is O=C(NOC[C@@H]1C[C@H](CN2CC2)CN1)C1CCC2CN1C(=O)N2OS(=O)[O-]. The number of rotatable bonds is 8. The van der Waals surface area contributed by atoms with Crippen LogP contribution in [0.15, 0.2) is 0 Å². The van der Waals surface area contributed by atoms with E-state index in [1.807, 2.05) is 0 Å². The Balaban J connectivity index is 1.21. The highest BCUT2D eigenvalue weighted by atomic mass is 32.2. The quantitative estimate of drug-likeness (QED) is 0.280. The minimum Gasteiger partial charge on any atom is -0.748 e. The van der Waals surface area contributed by atoms with Crippen LogP contribution in [0.5, 0.6) is 0 Å². The smallest absolute Gasteiger partial charge is 0.346 e. The number of hydrogen-bond donors (Lipinski definition) is 2. The highest BCUT2D eigenvalue weighted by Gasteiger charge is 2.48. The molecule has 0 spiro atoms. The standard InChI is InChI=1S/C15H25N5O6S/c21-14(17-25-9-11-5-10(6-16-11)7-18-3-4-18)13-2-1-12-8-19(13)15(22)20(12)26-27(23)24/h10-13,16H,1-9H2,(H,17,21)(H,23,24)/p-1/t10-,11-,12?,13?/m0/s1. The summed E-state index contributed by atoms with van der Waals surface area (Å²) in [6.45, 7) is 5.09. The average Bonchev–Trinajstić information content (AvgIpc) is 3.29. The van der Waals surface area contributed by atoms with Gasteiger partial charge in [0.15, 0.2) is 0 Å². The number of hydroxylamine groups is 3. The molecule has 0 aliphatic carbocycles. The zero-order chi connectivity index (χ0) is 19.0. The van der Waals surface area contributed by atoms with Crippen molar-refractivity contribution in [1.82, 2.24) is 25.7 Å². The molecule has 0 aromatic carbocycles. The highest BCUT2D eigenvalue weighted by Crippen LogP contribution is 2.30. The van der Waals surface area contributed by atoms with Gasteiger partial charge < -0.3 is 19.7 Å². The van der Waals surface area contributed by atoms with Crippen molar-refractivity contribution < 1.29 is 27.5 Å². The second-order valence-corrected chi connectivity index (χ2v) is 8.13. The number of hydrogen-bond acceptors (Lipinski definition) is 8. The van der Waals surface area contributed by atoms with Crippen LogP contribution < -0.4 is 10.8 Å². The second-order valence-electron chi connectivity index (χ2n) is 7.57. The summed E-state index contributed by atoms with van der Waals surface area (Å²) in [5.74, 6) is 0.220. The van der Waals surface area contributed by atoms with Gasteiger partial charge in [0, 0.05) is 32.2 Å². The lowest BCUT2D eigenvalue weighted by molar-refractivity contribution is -0.139. The predicted octanol–water partition coefficient (Wildman–Crippen LogP) is -1.68. The van der Waals surface area contributed by atoms with Gasteiger partial charge >= 0.3 is 6.03 Å². The molecule has 3 unspecified atom stereocenters. The molecule has 5 atom stereocenters. The van der Waals surface area contributed by atoms with Crippen LogP contribution in [0.25, 0.3) is 0 Å². The molecule has 0 aromatic rings. The summed E-state index contributed by atoms with van der Waals surface area (Å²) in [6, 6.07) is -1.45. The summed E-state index contributed by atoms with van der Waals surface area (Å²) in [7, 11) is 0. The third-order valence-corrected chi connectivity index (χ3v) is 5.88. The lowest BCUT2D eigenvalue weighted by atomic mass is 10.0. The van der Waals surface area contributed by atoms with Crippen molar-refractivity contribution in [1.29, 1.82) is 0 Å². The summed E-state index contributed by atoms with van der Waals surface area (Å²) < 4.78 is 26.0. The van der Waals surface area contributed by atoms with Gasteiger partial charge in [0.2, 0.25) is 0 Å². The van der Waals surface area contributed by atoms with Gasteiger partial charge in [-0.2, -0.15) is 9.35 Å². The van der Waals surface area contributed by atoms with Crippen LogP contribution in [-0.4, -0.2) is 93.0 Å². The molecule has 0 saturated carbocycles. The number of nitrogens with one attached hydrogen (secondary N) is 2. The number of piperidine rings is 1. The Labute approximate surface area is 159 Å². The molecule has 27 heavy (non-hydrogen) atoms. The number of carbonyl (C=O) groups is 2. The lowest BCUT2D eigenvalue weighted by Gasteiger charge is -2.29. The maximum atomic E-state index is 12.4. The normalized spacial score (nSPS) is 34.2.